The van der Waals surface area contributed by atoms with Crippen LogP contribution < -0.4 is 5.32 Å². The highest BCUT2D eigenvalue weighted by Crippen LogP contribution is 2.08. The van der Waals surface area contributed by atoms with E-state index < -0.39 is 0 Å². The van der Waals surface area contributed by atoms with E-state index in [0.717, 1.165) is 34.1 Å². The van der Waals surface area contributed by atoms with Gasteiger partial charge in [0.2, 0.25) is 0 Å². The number of hydrogen-bond acceptors (Lipinski definition) is 5. The van der Waals surface area contributed by atoms with E-state index in [0.29, 0.717) is 6.17 Å². The molecule has 1 aliphatic rings. The number of aryl methyl sites for hydroxylation is 4. The lowest BCUT2D eigenvalue weighted by molar-refractivity contribution is 0.356. The van der Waals surface area contributed by atoms with Gasteiger partial charge in [-0.25, -0.2) is 14.4 Å². The normalized spacial score (nSPS) is 13.8. The van der Waals surface area contributed by atoms with Crippen LogP contribution in [0.1, 0.15) is 30.0 Å². The van der Waals surface area contributed by atoms with Crippen LogP contribution in [0.4, 0.5) is 4.39 Å². The predicted molar refractivity (Wildman–Crippen MR) is 127 cm³/mol. The van der Waals surface area contributed by atoms with Crippen molar-refractivity contribution in [2.75, 3.05) is 7.05 Å². The molecule has 5 rings (SSSR count). The molecule has 4 aromatic rings. The summed E-state index contributed by atoms with van der Waals surface area (Å²) in [5.74, 6) is 2.48. The molecule has 3 N–H and O–H groups in total. The topological polar surface area (TPSA) is 85.5 Å². The fourth-order valence-corrected chi connectivity index (χ4v) is 2.61. The van der Waals surface area contributed by atoms with Gasteiger partial charge >= 0.3 is 0 Å². The molecule has 0 amide bonds. The minimum Gasteiger partial charge on any atom is -0.370 e. The summed E-state index contributed by atoms with van der Waals surface area (Å²) >= 11 is 0. The van der Waals surface area contributed by atoms with E-state index in [2.05, 4.69) is 42.3 Å². The fraction of sp³-hybridized carbons (Fsp3) is 0.292. The van der Waals surface area contributed by atoms with Crippen molar-refractivity contribution in [3.8, 4) is 0 Å². The number of hydrogen-bond donors (Lipinski definition) is 3. The van der Waals surface area contributed by atoms with Crippen LogP contribution in [0, 0.1) is 33.5 Å². The second-order valence-corrected chi connectivity index (χ2v) is 7.43. The second kappa shape index (κ2) is 12.2. The molecule has 0 saturated carbocycles. The molecule has 2 aromatic heterocycles. The summed E-state index contributed by atoms with van der Waals surface area (Å²) in [5, 5.41) is 9.60. The van der Waals surface area contributed by atoms with E-state index in [1.807, 2.05) is 71.4 Å². The monoisotopic (exact) mass is 437 g/mol. The molecule has 0 spiro atoms. The lowest BCUT2D eigenvalue weighted by Gasteiger charge is -2.14. The van der Waals surface area contributed by atoms with E-state index in [4.69, 9.17) is 0 Å². The minimum absolute atomic E-state index is 0.171. The molecule has 1 unspecified atom stereocenters. The molecule has 2 aromatic carbocycles. The van der Waals surface area contributed by atoms with Gasteiger partial charge in [-0.3, -0.25) is 5.10 Å². The minimum atomic E-state index is -0.171. The lowest BCUT2D eigenvalue weighted by Crippen LogP contribution is -2.28. The average molecular weight is 438 g/mol. The lowest BCUT2D eigenvalue weighted by atomic mass is 10.2. The smallest absolute Gasteiger partial charge is 0.147 e. The molecule has 0 fully saturated rings. The molecule has 0 aliphatic carbocycles. The first kappa shape index (κ1) is 24.6. The van der Waals surface area contributed by atoms with Crippen molar-refractivity contribution >= 4 is 11.0 Å². The first-order valence-electron chi connectivity index (χ1n) is 10.4. The van der Waals surface area contributed by atoms with Crippen molar-refractivity contribution in [1.29, 1.82) is 0 Å². The number of nitrogens with one attached hydrogen (secondary N) is 3. The van der Waals surface area contributed by atoms with Gasteiger partial charge in [0.1, 0.15) is 23.3 Å². The molecular formula is C24H32FN7. The predicted octanol–water partition coefficient (Wildman–Crippen LogP) is 4.77. The van der Waals surface area contributed by atoms with E-state index >= 15 is 0 Å². The Balaban J connectivity index is 0.000000153. The van der Waals surface area contributed by atoms with E-state index in [1.165, 1.54) is 12.1 Å². The summed E-state index contributed by atoms with van der Waals surface area (Å²) in [6.45, 7) is 9.73. The van der Waals surface area contributed by atoms with Crippen LogP contribution in [0.3, 0.4) is 0 Å². The van der Waals surface area contributed by atoms with Gasteiger partial charge in [0.15, 0.2) is 0 Å². The highest BCUT2D eigenvalue weighted by Gasteiger charge is 2.05. The number of para-hydroxylation sites is 2. The summed E-state index contributed by atoms with van der Waals surface area (Å²) in [7, 11) is 2.04. The maximum absolute atomic E-state index is 12.1. The van der Waals surface area contributed by atoms with Gasteiger partial charge in [0.25, 0.3) is 0 Å². The van der Waals surface area contributed by atoms with E-state index in [9.17, 15) is 4.39 Å². The Kier molecular flexibility index (Phi) is 9.41. The molecule has 170 valence electrons. The number of halogens is 1. The zero-order valence-corrected chi connectivity index (χ0v) is 19.5. The summed E-state index contributed by atoms with van der Waals surface area (Å²) in [4.78, 5) is 13.5. The second-order valence-electron chi connectivity index (χ2n) is 7.43. The molecule has 7 nitrogen and oxygen atoms in total. The van der Waals surface area contributed by atoms with Gasteiger partial charge in [-0.05, 0) is 58.9 Å². The molecule has 0 saturated heterocycles. The third-order valence-corrected chi connectivity index (χ3v) is 4.49. The van der Waals surface area contributed by atoms with Crippen LogP contribution in [0.2, 0.25) is 0 Å². The van der Waals surface area contributed by atoms with Crippen molar-refractivity contribution in [3.05, 3.63) is 89.8 Å². The highest BCUT2D eigenvalue weighted by molar-refractivity contribution is 5.74. The van der Waals surface area contributed by atoms with E-state index in [-0.39, 0.29) is 5.82 Å². The SMILES string of the molecule is CC1NC=CN1C.Cc1ccc(F)cc1.Cc1n[nH]c(C)n1.Cc1nc2ccccc2[nH]1. The number of imidazole rings is 1. The number of fused-ring (bicyclic) bond motifs is 1. The van der Waals surface area contributed by atoms with Crippen LogP contribution in [-0.4, -0.2) is 43.3 Å². The fourth-order valence-electron chi connectivity index (χ4n) is 2.61. The molecule has 0 radical (unpaired) electrons. The maximum Gasteiger partial charge on any atom is 0.147 e. The molecule has 32 heavy (non-hydrogen) atoms. The van der Waals surface area contributed by atoms with Gasteiger partial charge in [-0.15, -0.1) is 0 Å². The molecular weight excluding hydrogens is 405 g/mol. The van der Waals surface area contributed by atoms with Gasteiger partial charge in [0.05, 0.1) is 17.2 Å². The third kappa shape index (κ3) is 8.59. The molecule has 1 atom stereocenters. The largest absolute Gasteiger partial charge is 0.370 e. The first-order valence-corrected chi connectivity index (χ1v) is 10.4. The number of nitrogens with zero attached hydrogens (tertiary/aromatic N) is 4. The maximum atomic E-state index is 12.1. The van der Waals surface area contributed by atoms with Crippen molar-refractivity contribution in [3.63, 3.8) is 0 Å². The Morgan fingerprint density at radius 1 is 0.906 bits per heavy atom. The summed E-state index contributed by atoms with van der Waals surface area (Å²) in [6.07, 6.45) is 4.45. The molecule has 1 aliphatic heterocycles. The van der Waals surface area contributed by atoms with Crippen LogP contribution in [0.15, 0.2) is 60.9 Å². The van der Waals surface area contributed by atoms with Crippen molar-refractivity contribution in [2.45, 2.75) is 40.8 Å². The van der Waals surface area contributed by atoms with Crippen LogP contribution >= 0.6 is 0 Å². The number of aromatic amines is 2. The quantitative estimate of drug-likeness (QED) is 0.369. The Hall–Kier alpha value is -3.68. The Morgan fingerprint density at radius 2 is 1.59 bits per heavy atom. The Labute approximate surface area is 188 Å². The standard InChI is InChI=1S/C8H8N2.C7H7F.C5H10N2.C4H7N3/c1-6-9-7-4-2-3-5-8(7)10-6;1-6-2-4-7(8)5-3-6;1-5-6-3-4-7(5)2;1-3-5-4(2)7-6-3/h2-5H,1H3,(H,9,10);2-5H,1H3;3-6H,1-2H3;1-2H3,(H,5,6,7). The van der Waals surface area contributed by atoms with E-state index in [1.54, 1.807) is 12.1 Å². The summed E-state index contributed by atoms with van der Waals surface area (Å²) in [6, 6.07) is 14.4. The summed E-state index contributed by atoms with van der Waals surface area (Å²) in [5.41, 5.74) is 3.24. The molecule has 3 heterocycles. The van der Waals surface area contributed by atoms with Gasteiger partial charge < -0.3 is 15.2 Å². The average Bonchev–Trinajstić information content (AvgIpc) is 3.45. The Bertz CT molecular complexity index is 1030. The number of aromatic nitrogens is 5. The third-order valence-electron chi connectivity index (χ3n) is 4.49. The van der Waals surface area contributed by atoms with Gasteiger partial charge in [-0.2, -0.15) is 5.10 Å². The van der Waals surface area contributed by atoms with Crippen LogP contribution in [0.25, 0.3) is 11.0 Å². The number of benzene rings is 2. The number of H-pyrrole nitrogens is 2. The van der Waals surface area contributed by atoms with Gasteiger partial charge in [0, 0.05) is 19.4 Å². The van der Waals surface area contributed by atoms with Crippen LogP contribution in [-0.2, 0) is 0 Å². The zero-order valence-electron chi connectivity index (χ0n) is 19.5. The van der Waals surface area contributed by atoms with Crippen molar-refractivity contribution in [2.24, 2.45) is 0 Å². The van der Waals surface area contributed by atoms with Crippen LogP contribution in [0.5, 0.6) is 0 Å². The highest BCUT2D eigenvalue weighted by atomic mass is 19.1. The van der Waals surface area contributed by atoms with Gasteiger partial charge in [-0.1, -0.05) is 29.8 Å². The van der Waals surface area contributed by atoms with Crippen molar-refractivity contribution < 1.29 is 4.39 Å². The Morgan fingerprint density at radius 3 is 2.00 bits per heavy atom. The summed E-state index contributed by atoms with van der Waals surface area (Å²) < 4.78 is 12.1. The molecule has 8 heteroatoms. The molecule has 0 bridgehead atoms. The first-order chi connectivity index (χ1) is 15.2. The van der Waals surface area contributed by atoms with Crippen molar-refractivity contribution in [1.82, 2.24) is 35.4 Å². The number of rotatable bonds is 0. The zero-order chi connectivity index (χ0) is 23.5.